The molecule has 1 saturated heterocycles. The lowest BCUT2D eigenvalue weighted by Crippen LogP contribution is -1.95. The molecular formula is C7H10O3. The molecule has 10 heavy (non-hydrogen) atoms. The Morgan fingerprint density at radius 3 is 2.70 bits per heavy atom. The molecular weight excluding hydrogens is 132 g/mol. The normalized spacial score (nSPS) is 30.6. The van der Waals surface area contributed by atoms with Gasteiger partial charge in [0.05, 0.1) is 13.2 Å². The van der Waals surface area contributed by atoms with Gasteiger partial charge in [0.2, 0.25) is 0 Å². The molecule has 0 unspecified atom stereocenters. The molecule has 3 heteroatoms. The van der Waals surface area contributed by atoms with Crippen LogP contribution in [0.25, 0.3) is 0 Å². The van der Waals surface area contributed by atoms with Crippen LogP contribution in [0.3, 0.4) is 0 Å². The van der Waals surface area contributed by atoms with Gasteiger partial charge < -0.3 is 9.47 Å². The first-order chi connectivity index (χ1) is 4.74. The molecule has 1 aliphatic heterocycles. The predicted octanol–water partition coefficient (Wildman–Crippen LogP) is 0.503. The second kappa shape index (κ2) is 2.84. The maximum atomic E-state index is 10.5. The lowest BCUT2D eigenvalue weighted by atomic mass is 10.3. The Bertz CT molecular complexity index is 162. The Balaban J connectivity index is 2.23. The highest BCUT2D eigenvalue weighted by atomic mass is 16.6. The van der Waals surface area contributed by atoms with E-state index >= 15 is 0 Å². The van der Waals surface area contributed by atoms with E-state index in [1.54, 1.807) is 6.08 Å². The van der Waals surface area contributed by atoms with Gasteiger partial charge in [-0.05, 0) is 13.0 Å². The van der Waals surface area contributed by atoms with Crippen molar-refractivity contribution < 1.29 is 14.3 Å². The van der Waals surface area contributed by atoms with E-state index in [4.69, 9.17) is 4.74 Å². The minimum atomic E-state index is -0.331. The molecule has 3 nitrogen and oxygen atoms in total. The van der Waals surface area contributed by atoms with E-state index in [0.29, 0.717) is 0 Å². The van der Waals surface area contributed by atoms with Crippen LogP contribution in [0.15, 0.2) is 12.2 Å². The first-order valence-electron chi connectivity index (χ1n) is 3.15. The van der Waals surface area contributed by atoms with Crippen LogP contribution in [0.5, 0.6) is 0 Å². The second-order valence-corrected chi connectivity index (χ2v) is 2.19. The van der Waals surface area contributed by atoms with Gasteiger partial charge in [-0.2, -0.15) is 0 Å². The van der Waals surface area contributed by atoms with Crippen molar-refractivity contribution in [3.63, 3.8) is 0 Å². The van der Waals surface area contributed by atoms with Crippen LogP contribution in [0.2, 0.25) is 0 Å². The summed E-state index contributed by atoms with van der Waals surface area (Å²) in [6, 6.07) is 0. The van der Waals surface area contributed by atoms with Crippen LogP contribution in [-0.2, 0) is 14.3 Å². The molecule has 0 saturated carbocycles. The summed E-state index contributed by atoms with van der Waals surface area (Å²) in [5, 5.41) is 0. The first kappa shape index (κ1) is 7.28. The molecule has 0 radical (unpaired) electrons. The van der Waals surface area contributed by atoms with Crippen molar-refractivity contribution in [1.29, 1.82) is 0 Å². The van der Waals surface area contributed by atoms with Crippen molar-refractivity contribution in [2.75, 3.05) is 7.11 Å². The number of carbonyl (C=O) groups excluding carboxylic acids is 1. The molecule has 56 valence electrons. The average molecular weight is 142 g/mol. The average Bonchev–Trinajstić information content (AvgIpc) is 2.61. The number of methoxy groups -OCH3 is 1. The van der Waals surface area contributed by atoms with E-state index in [1.807, 2.05) is 6.92 Å². The Kier molecular flexibility index (Phi) is 2.06. The number of esters is 1. The van der Waals surface area contributed by atoms with Crippen molar-refractivity contribution in [2.45, 2.75) is 19.1 Å². The second-order valence-electron chi connectivity index (χ2n) is 2.19. The van der Waals surface area contributed by atoms with Crippen LogP contribution < -0.4 is 0 Å². The highest BCUT2D eigenvalue weighted by Gasteiger charge is 2.31. The maximum Gasteiger partial charge on any atom is 0.330 e. The number of carbonyl (C=O) groups is 1. The molecule has 0 bridgehead atoms. The highest BCUT2D eigenvalue weighted by Crippen LogP contribution is 2.21. The third kappa shape index (κ3) is 1.84. The minimum absolute atomic E-state index is 0.124. The fourth-order valence-electron chi connectivity index (χ4n) is 0.646. The van der Waals surface area contributed by atoms with Crippen molar-refractivity contribution in [3.05, 3.63) is 12.2 Å². The van der Waals surface area contributed by atoms with Gasteiger partial charge in [-0.3, -0.25) is 0 Å². The molecule has 1 heterocycles. The van der Waals surface area contributed by atoms with Gasteiger partial charge >= 0.3 is 5.97 Å². The first-order valence-corrected chi connectivity index (χ1v) is 3.15. The summed E-state index contributed by atoms with van der Waals surface area (Å²) in [5.74, 6) is -0.331. The van der Waals surface area contributed by atoms with E-state index < -0.39 is 0 Å². The van der Waals surface area contributed by atoms with Gasteiger partial charge in [0, 0.05) is 6.08 Å². The van der Waals surface area contributed by atoms with Crippen molar-refractivity contribution in [2.24, 2.45) is 0 Å². The highest BCUT2D eigenvalue weighted by molar-refractivity contribution is 5.81. The lowest BCUT2D eigenvalue weighted by Gasteiger charge is -1.86. The molecule has 1 aliphatic rings. The van der Waals surface area contributed by atoms with E-state index in [1.165, 1.54) is 13.2 Å². The summed E-state index contributed by atoms with van der Waals surface area (Å²) in [6.07, 6.45) is 3.48. The summed E-state index contributed by atoms with van der Waals surface area (Å²) < 4.78 is 9.40. The van der Waals surface area contributed by atoms with Crippen LogP contribution in [0, 0.1) is 0 Å². The monoisotopic (exact) mass is 142 g/mol. The van der Waals surface area contributed by atoms with E-state index in [0.717, 1.165) is 0 Å². The molecule has 2 atom stereocenters. The molecule has 0 aliphatic carbocycles. The molecule has 0 amide bonds. The number of epoxide rings is 1. The number of hydrogen-bond donors (Lipinski definition) is 0. The smallest absolute Gasteiger partial charge is 0.330 e. The zero-order valence-electron chi connectivity index (χ0n) is 6.03. The maximum absolute atomic E-state index is 10.5. The Labute approximate surface area is 59.6 Å². The van der Waals surface area contributed by atoms with Crippen LogP contribution in [0.4, 0.5) is 0 Å². The van der Waals surface area contributed by atoms with Gasteiger partial charge in [-0.25, -0.2) is 4.79 Å². The fraction of sp³-hybridized carbons (Fsp3) is 0.571. The Hall–Kier alpha value is -0.830. The zero-order valence-corrected chi connectivity index (χ0v) is 6.03. The molecule has 1 rings (SSSR count). The predicted molar refractivity (Wildman–Crippen MR) is 35.5 cm³/mol. The summed E-state index contributed by atoms with van der Waals surface area (Å²) in [4.78, 5) is 10.5. The van der Waals surface area contributed by atoms with Gasteiger partial charge in [0.15, 0.2) is 0 Å². The van der Waals surface area contributed by atoms with Gasteiger partial charge in [-0.15, -0.1) is 0 Å². The largest absolute Gasteiger partial charge is 0.466 e. The Morgan fingerprint density at radius 1 is 1.70 bits per heavy atom. The van der Waals surface area contributed by atoms with Gasteiger partial charge in [0.25, 0.3) is 0 Å². The number of ether oxygens (including phenoxy) is 2. The fourth-order valence-corrected chi connectivity index (χ4v) is 0.646. The van der Waals surface area contributed by atoms with E-state index in [9.17, 15) is 4.79 Å². The van der Waals surface area contributed by atoms with E-state index in [2.05, 4.69) is 4.74 Å². The quantitative estimate of drug-likeness (QED) is 0.320. The van der Waals surface area contributed by atoms with Crippen molar-refractivity contribution in [3.8, 4) is 0 Å². The molecule has 1 fully saturated rings. The van der Waals surface area contributed by atoms with Crippen LogP contribution in [0.1, 0.15) is 6.92 Å². The van der Waals surface area contributed by atoms with Crippen LogP contribution in [-0.4, -0.2) is 25.3 Å². The molecule has 0 aromatic rings. The molecule has 0 aromatic heterocycles. The van der Waals surface area contributed by atoms with Gasteiger partial charge in [0.1, 0.15) is 6.10 Å². The summed E-state index contributed by atoms with van der Waals surface area (Å²) in [6.45, 7) is 1.95. The number of rotatable bonds is 2. The molecule has 0 N–H and O–H groups in total. The minimum Gasteiger partial charge on any atom is -0.466 e. The third-order valence-corrected chi connectivity index (χ3v) is 1.38. The summed E-state index contributed by atoms with van der Waals surface area (Å²) >= 11 is 0. The SMILES string of the molecule is COC(=O)/C=C/[C@@H]1O[C@H]1C. The van der Waals surface area contributed by atoms with Crippen molar-refractivity contribution in [1.82, 2.24) is 0 Å². The number of hydrogen-bond acceptors (Lipinski definition) is 3. The molecule has 0 aromatic carbocycles. The standard InChI is InChI=1S/C7H10O3/c1-5-6(10-5)3-4-7(8)9-2/h3-6H,1-2H3/b4-3+/t5-,6-/m0/s1. The summed E-state index contributed by atoms with van der Waals surface area (Å²) in [5.41, 5.74) is 0. The van der Waals surface area contributed by atoms with Gasteiger partial charge in [-0.1, -0.05) is 0 Å². The summed E-state index contributed by atoms with van der Waals surface area (Å²) in [7, 11) is 1.35. The van der Waals surface area contributed by atoms with Crippen LogP contribution >= 0.6 is 0 Å². The van der Waals surface area contributed by atoms with E-state index in [-0.39, 0.29) is 18.2 Å². The zero-order chi connectivity index (χ0) is 7.56. The third-order valence-electron chi connectivity index (χ3n) is 1.38. The van der Waals surface area contributed by atoms with Crippen molar-refractivity contribution >= 4 is 5.97 Å². The Morgan fingerprint density at radius 2 is 2.30 bits per heavy atom. The topological polar surface area (TPSA) is 38.8 Å². The lowest BCUT2D eigenvalue weighted by molar-refractivity contribution is -0.134. The molecule has 0 spiro atoms.